The molecule has 1 aromatic carbocycles. The van der Waals surface area contributed by atoms with Crippen LogP contribution in [0.5, 0.6) is 0 Å². The van der Waals surface area contributed by atoms with Gasteiger partial charge in [0.25, 0.3) is 0 Å². The van der Waals surface area contributed by atoms with Crippen molar-refractivity contribution >= 4 is 21.6 Å². The van der Waals surface area contributed by atoms with Crippen molar-refractivity contribution in [2.45, 2.75) is 25.3 Å². The topological polar surface area (TPSA) is 136 Å². The molecule has 2 aromatic rings. The first-order valence-electron chi connectivity index (χ1n) is 7.69. The van der Waals surface area contributed by atoms with Gasteiger partial charge >= 0.3 is 5.69 Å². The van der Waals surface area contributed by atoms with Crippen LogP contribution < -0.4 is 10.0 Å². The monoisotopic (exact) mass is 381 g/mol. The van der Waals surface area contributed by atoms with E-state index in [1.807, 2.05) is 6.07 Å². The number of rotatable bonds is 8. The molecule has 0 aliphatic heterocycles. The van der Waals surface area contributed by atoms with E-state index < -0.39 is 20.9 Å². The third-order valence-electron chi connectivity index (χ3n) is 3.51. The molecule has 1 heterocycles. The van der Waals surface area contributed by atoms with Crippen LogP contribution in [0.2, 0.25) is 0 Å². The molecule has 0 atom stereocenters. The van der Waals surface area contributed by atoms with Crippen molar-refractivity contribution in [1.29, 1.82) is 0 Å². The van der Waals surface area contributed by atoms with Crippen LogP contribution in [0.15, 0.2) is 35.5 Å². The van der Waals surface area contributed by atoms with E-state index in [-0.39, 0.29) is 30.2 Å². The van der Waals surface area contributed by atoms with E-state index in [9.17, 15) is 23.3 Å². The van der Waals surface area contributed by atoms with E-state index >= 15 is 0 Å². The zero-order valence-electron chi connectivity index (χ0n) is 14.3. The third kappa shape index (κ3) is 5.10. The fraction of sp³-hybridized carbons (Fsp3) is 0.333. The molecule has 0 saturated heterocycles. The van der Waals surface area contributed by atoms with Crippen molar-refractivity contribution in [2.75, 3.05) is 13.1 Å². The fourth-order valence-corrected chi connectivity index (χ4v) is 3.56. The normalized spacial score (nSPS) is 11.3. The maximum absolute atomic E-state index is 12.3. The van der Waals surface area contributed by atoms with Gasteiger partial charge in [-0.15, -0.1) is 0 Å². The maximum Gasteiger partial charge on any atom is 0.307 e. The lowest BCUT2D eigenvalue weighted by Crippen LogP contribution is -2.36. The second-order valence-corrected chi connectivity index (χ2v) is 7.41. The summed E-state index contributed by atoms with van der Waals surface area (Å²) in [6, 6.07) is 5.14. The van der Waals surface area contributed by atoms with Crippen LogP contribution in [0.1, 0.15) is 11.1 Å². The van der Waals surface area contributed by atoms with Gasteiger partial charge in [0, 0.05) is 13.1 Å². The predicted molar refractivity (Wildman–Crippen MR) is 93.0 cm³/mol. The molecule has 0 unspecified atom stereocenters. The molecule has 0 radical (unpaired) electrons. The van der Waals surface area contributed by atoms with Crippen LogP contribution in [-0.2, 0) is 21.4 Å². The highest BCUT2D eigenvalue weighted by Gasteiger charge is 2.16. The van der Waals surface area contributed by atoms with Gasteiger partial charge in [-0.1, -0.05) is 12.1 Å². The molecule has 140 valence electrons. The van der Waals surface area contributed by atoms with E-state index in [4.69, 9.17) is 0 Å². The number of benzene rings is 1. The molecule has 26 heavy (non-hydrogen) atoms. The smallest absolute Gasteiger partial charge is 0.307 e. The Morgan fingerprint density at radius 2 is 2.04 bits per heavy atom. The van der Waals surface area contributed by atoms with Crippen LogP contribution in [0, 0.1) is 24.0 Å². The predicted octanol–water partition coefficient (Wildman–Crippen LogP) is 0.503. The van der Waals surface area contributed by atoms with Crippen molar-refractivity contribution in [1.82, 2.24) is 19.8 Å². The lowest BCUT2D eigenvalue weighted by Gasteiger charge is -2.10. The number of nitro groups is 1. The first-order chi connectivity index (χ1) is 12.2. The summed E-state index contributed by atoms with van der Waals surface area (Å²) < 4.78 is 28.2. The Morgan fingerprint density at radius 1 is 1.31 bits per heavy atom. The second kappa shape index (κ2) is 8.06. The largest absolute Gasteiger partial charge is 0.353 e. The minimum atomic E-state index is -3.67. The summed E-state index contributed by atoms with van der Waals surface area (Å²) in [4.78, 5) is 21.9. The van der Waals surface area contributed by atoms with Gasteiger partial charge in [0.05, 0.1) is 9.82 Å². The van der Waals surface area contributed by atoms with Crippen molar-refractivity contribution in [3.05, 3.63) is 51.8 Å². The number of aromatic nitrogens is 2. The van der Waals surface area contributed by atoms with Gasteiger partial charge in [-0.3, -0.25) is 19.6 Å². The van der Waals surface area contributed by atoms with Crippen molar-refractivity contribution in [3.63, 3.8) is 0 Å². The standard InChI is InChI=1S/C15H19N5O5S/c1-11-3-4-12(2)14(7-11)26(24,25)18-6-5-16-15(21)10-19-9-13(8-17-19)20(22)23/h3-4,7-9,18H,5-6,10H2,1-2H3,(H,16,21). The Hall–Kier alpha value is -2.79. The summed E-state index contributed by atoms with van der Waals surface area (Å²) in [7, 11) is -3.67. The highest BCUT2D eigenvalue weighted by Crippen LogP contribution is 2.16. The molecular weight excluding hydrogens is 362 g/mol. The van der Waals surface area contributed by atoms with E-state index in [1.54, 1.807) is 26.0 Å². The van der Waals surface area contributed by atoms with E-state index in [2.05, 4.69) is 15.1 Å². The Bertz CT molecular complexity index is 922. The van der Waals surface area contributed by atoms with Crippen LogP contribution in [0.3, 0.4) is 0 Å². The molecule has 1 amide bonds. The number of nitrogens with zero attached hydrogens (tertiary/aromatic N) is 3. The number of carbonyl (C=O) groups is 1. The number of sulfonamides is 1. The molecule has 0 fully saturated rings. The van der Waals surface area contributed by atoms with Gasteiger partial charge in [0.1, 0.15) is 18.9 Å². The highest BCUT2D eigenvalue weighted by atomic mass is 32.2. The van der Waals surface area contributed by atoms with Crippen LogP contribution in [0.25, 0.3) is 0 Å². The molecule has 0 saturated carbocycles. The van der Waals surface area contributed by atoms with Crippen LogP contribution in [-0.4, -0.2) is 42.1 Å². The minimum Gasteiger partial charge on any atom is -0.353 e. The summed E-state index contributed by atoms with van der Waals surface area (Å²) in [6.45, 7) is 3.40. The average molecular weight is 381 g/mol. The molecule has 10 nitrogen and oxygen atoms in total. The number of hydrogen-bond donors (Lipinski definition) is 2. The molecule has 0 aliphatic carbocycles. The molecule has 0 aliphatic rings. The zero-order valence-corrected chi connectivity index (χ0v) is 15.1. The third-order valence-corrected chi connectivity index (χ3v) is 5.11. The van der Waals surface area contributed by atoms with Crippen LogP contribution >= 0.6 is 0 Å². The molecule has 2 rings (SSSR count). The van der Waals surface area contributed by atoms with Gasteiger partial charge in [-0.05, 0) is 31.0 Å². The lowest BCUT2D eigenvalue weighted by molar-refractivity contribution is -0.385. The van der Waals surface area contributed by atoms with E-state index in [0.29, 0.717) is 5.56 Å². The molecule has 0 bridgehead atoms. The quantitative estimate of drug-likeness (QED) is 0.388. The molecular formula is C15H19N5O5S. The Morgan fingerprint density at radius 3 is 2.69 bits per heavy atom. The number of nitrogens with one attached hydrogen (secondary N) is 2. The molecule has 0 spiro atoms. The number of hydrogen-bond acceptors (Lipinski definition) is 6. The number of aryl methyl sites for hydroxylation is 2. The number of carbonyl (C=O) groups excluding carboxylic acids is 1. The van der Waals surface area contributed by atoms with Crippen LogP contribution in [0.4, 0.5) is 5.69 Å². The van der Waals surface area contributed by atoms with Crippen molar-refractivity contribution in [2.24, 2.45) is 0 Å². The highest BCUT2D eigenvalue weighted by molar-refractivity contribution is 7.89. The SMILES string of the molecule is Cc1ccc(C)c(S(=O)(=O)NCCNC(=O)Cn2cc([N+](=O)[O-])cn2)c1. The number of amides is 1. The summed E-state index contributed by atoms with van der Waals surface area (Å²) in [5.74, 6) is -0.436. The van der Waals surface area contributed by atoms with Gasteiger partial charge in [0.15, 0.2) is 0 Å². The van der Waals surface area contributed by atoms with Gasteiger partial charge in [-0.2, -0.15) is 5.10 Å². The molecule has 2 N–H and O–H groups in total. The van der Waals surface area contributed by atoms with E-state index in [1.165, 1.54) is 0 Å². The molecule has 11 heteroatoms. The fourth-order valence-electron chi connectivity index (χ4n) is 2.20. The summed E-state index contributed by atoms with van der Waals surface area (Å²) >= 11 is 0. The van der Waals surface area contributed by atoms with Crippen molar-refractivity contribution < 1.29 is 18.1 Å². The zero-order chi connectivity index (χ0) is 19.3. The second-order valence-electron chi connectivity index (χ2n) is 5.67. The van der Waals surface area contributed by atoms with Gasteiger partial charge in [0.2, 0.25) is 15.9 Å². The maximum atomic E-state index is 12.3. The van der Waals surface area contributed by atoms with Gasteiger partial charge in [-0.25, -0.2) is 13.1 Å². The van der Waals surface area contributed by atoms with E-state index in [0.717, 1.165) is 22.6 Å². The average Bonchev–Trinajstić information content (AvgIpc) is 3.02. The Labute approximate surface area is 150 Å². The minimum absolute atomic E-state index is 0.0146. The first-order valence-corrected chi connectivity index (χ1v) is 9.18. The Balaban J connectivity index is 1.82. The summed E-state index contributed by atoms with van der Waals surface area (Å²) in [5, 5.41) is 16.8. The van der Waals surface area contributed by atoms with Gasteiger partial charge < -0.3 is 5.32 Å². The Kier molecular flexibility index (Phi) is 6.05. The summed E-state index contributed by atoms with van der Waals surface area (Å²) in [5.41, 5.74) is 1.25. The summed E-state index contributed by atoms with van der Waals surface area (Å²) in [6.07, 6.45) is 2.19. The van der Waals surface area contributed by atoms with Crippen molar-refractivity contribution in [3.8, 4) is 0 Å². The molecule has 1 aromatic heterocycles. The lowest BCUT2D eigenvalue weighted by atomic mass is 10.2. The first kappa shape index (κ1) is 19.5.